The van der Waals surface area contributed by atoms with Gasteiger partial charge in [-0.15, -0.1) is 0 Å². The van der Waals surface area contributed by atoms with Gasteiger partial charge < -0.3 is 25.0 Å². The van der Waals surface area contributed by atoms with Gasteiger partial charge in [0.15, 0.2) is 5.65 Å². The number of pyridine rings is 1. The zero-order valence-electron chi connectivity index (χ0n) is 22.9. The van der Waals surface area contributed by atoms with Crippen molar-refractivity contribution in [2.24, 2.45) is 0 Å². The number of aliphatic hydroxyl groups excluding tert-OH is 1. The number of rotatable bonds is 6. The molecule has 2 fully saturated rings. The largest absolute Gasteiger partial charge is 0.443 e. The Bertz CT molecular complexity index is 1490. The summed E-state index contributed by atoms with van der Waals surface area (Å²) in [6, 6.07) is 4.41. The standard InChI is InChI=1S/C27H34FN7O5/c1-27(2,3)40-26(39)33(4)22-13-21(31-20-6-5-9-34(25(20)38)17-10-15(28)11-17)32-23-19(14-29-35(22)23)24(37)30-16-7-8-18(36)12-16/h5-6,9,13-18,36H,7-8,10-12H2,1-4H3,(H,30,37)(H,31,32). The molecule has 2 aliphatic carbocycles. The van der Waals surface area contributed by atoms with E-state index in [2.05, 4.69) is 20.7 Å². The van der Waals surface area contributed by atoms with Crippen molar-refractivity contribution >= 4 is 35.0 Å². The summed E-state index contributed by atoms with van der Waals surface area (Å²) < 4.78 is 21.8. The number of nitrogens with one attached hydrogen (secondary N) is 2. The molecule has 0 aliphatic heterocycles. The smallest absolute Gasteiger partial charge is 0.415 e. The van der Waals surface area contributed by atoms with Gasteiger partial charge in [0.1, 0.15) is 34.7 Å². The summed E-state index contributed by atoms with van der Waals surface area (Å²) in [5.41, 5.74) is -0.568. The second kappa shape index (κ2) is 10.5. The molecular formula is C27H34FN7O5. The topological polar surface area (TPSA) is 143 Å². The zero-order valence-corrected chi connectivity index (χ0v) is 22.9. The third-order valence-corrected chi connectivity index (χ3v) is 7.14. The average molecular weight is 556 g/mol. The molecule has 2 atom stereocenters. The number of aliphatic hydroxyl groups is 1. The molecular weight excluding hydrogens is 521 g/mol. The predicted octanol–water partition coefficient (Wildman–Crippen LogP) is 3.32. The molecule has 12 nitrogen and oxygen atoms in total. The quantitative estimate of drug-likeness (QED) is 0.420. The number of hydrogen-bond donors (Lipinski definition) is 3. The van der Waals surface area contributed by atoms with E-state index in [4.69, 9.17) is 4.74 Å². The van der Waals surface area contributed by atoms with Crippen LogP contribution < -0.4 is 21.1 Å². The van der Waals surface area contributed by atoms with Crippen molar-refractivity contribution in [2.45, 2.75) is 82.8 Å². The zero-order chi connectivity index (χ0) is 28.8. The summed E-state index contributed by atoms with van der Waals surface area (Å²) in [7, 11) is 1.51. The lowest BCUT2D eigenvalue weighted by Crippen LogP contribution is -2.36. The van der Waals surface area contributed by atoms with E-state index in [-0.39, 0.29) is 59.0 Å². The van der Waals surface area contributed by atoms with Crippen molar-refractivity contribution in [1.29, 1.82) is 0 Å². The number of halogens is 1. The van der Waals surface area contributed by atoms with Crippen LogP contribution in [0, 0.1) is 0 Å². The molecule has 2 unspecified atom stereocenters. The van der Waals surface area contributed by atoms with Crippen LogP contribution in [0.5, 0.6) is 0 Å². The SMILES string of the molecule is CN(C(=O)OC(C)(C)C)c1cc(Nc2cccn(C3CC(F)C3)c2=O)nc2c(C(=O)NC3CCC(O)C3)cnn12. The van der Waals surface area contributed by atoms with Crippen molar-refractivity contribution in [1.82, 2.24) is 24.5 Å². The lowest BCUT2D eigenvalue weighted by Gasteiger charge is -2.31. The van der Waals surface area contributed by atoms with Crippen molar-refractivity contribution in [2.75, 3.05) is 17.3 Å². The van der Waals surface area contributed by atoms with Crippen LogP contribution in [0.2, 0.25) is 0 Å². The summed E-state index contributed by atoms with van der Waals surface area (Å²) >= 11 is 0. The van der Waals surface area contributed by atoms with Gasteiger partial charge in [0, 0.05) is 31.4 Å². The van der Waals surface area contributed by atoms with Crippen molar-refractivity contribution < 1.29 is 23.8 Å². The third-order valence-electron chi connectivity index (χ3n) is 7.14. The number of fused-ring (bicyclic) bond motifs is 1. The van der Waals surface area contributed by atoms with Crippen LogP contribution >= 0.6 is 0 Å². The molecule has 5 rings (SSSR count). The summed E-state index contributed by atoms with van der Waals surface area (Å²) in [6.45, 7) is 5.24. The molecule has 0 bridgehead atoms. The molecule has 2 aliphatic rings. The third kappa shape index (κ3) is 5.64. The molecule has 3 N–H and O–H groups in total. The Labute approximate surface area is 230 Å². The van der Waals surface area contributed by atoms with Crippen LogP contribution in [0.15, 0.2) is 35.4 Å². The molecule has 3 heterocycles. The Morgan fingerprint density at radius 1 is 1.23 bits per heavy atom. The number of carbonyl (C=O) groups is 2. The highest BCUT2D eigenvalue weighted by Crippen LogP contribution is 2.34. The first-order chi connectivity index (χ1) is 18.9. The van der Waals surface area contributed by atoms with Crippen molar-refractivity contribution in [3.05, 3.63) is 46.5 Å². The minimum atomic E-state index is -0.914. The Hall–Kier alpha value is -4.00. The van der Waals surface area contributed by atoms with Crippen LogP contribution in [-0.4, -0.2) is 67.2 Å². The second-order valence-electron chi connectivity index (χ2n) is 11.5. The van der Waals surface area contributed by atoms with E-state index >= 15 is 0 Å². The highest BCUT2D eigenvalue weighted by atomic mass is 19.1. The number of ether oxygens (including phenoxy) is 1. The highest BCUT2D eigenvalue weighted by Gasteiger charge is 2.31. The lowest BCUT2D eigenvalue weighted by atomic mass is 9.90. The van der Waals surface area contributed by atoms with E-state index in [0.717, 1.165) is 0 Å². The fourth-order valence-corrected chi connectivity index (χ4v) is 4.97. The molecule has 40 heavy (non-hydrogen) atoms. The molecule has 0 radical (unpaired) electrons. The van der Waals surface area contributed by atoms with Crippen LogP contribution in [0.4, 0.5) is 26.5 Å². The molecule has 0 saturated heterocycles. The summed E-state index contributed by atoms with van der Waals surface area (Å²) in [5, 5.41) is 20.1. The fourth-order valence-electron chi connectivity index (χ4n) is 4.97. The van der Waals surface area contributed by atoms with Crippen molar-refractivity contribution in [3.63, 3.8) is 0 Å². The maximum absolute atomic E-state index is 13.5. The number of nitrogens with zero attached hydrogens (tertiary/aromatic N) is 5. The van der Waals surface area contributed by atoms with E-state index < -0.39 is 29.9 Å². The van der Waals surface area contributed by atoms with Crippen LogP contribution in [0.3, 0.4) is 0 Å². The fraction of sp³-hybridized carbons (Fsp3) is 0.519. The molecule has 0 aromatic carbocycles. The van der Waals surface area contributed by atoms with Gasteiger partial charge in [0.2, 0.25) is 0 Å². The van der Waals surface area contributed by atoms with Gasteiger partial charge >= 0.3 is 6.09 Å². The van der Waals surface area contributed by atoms with Gasteiger partial charge in [-0.25, -0.2) is 14.2 Å². The monoisotopic (exact) mass is 555 g/mol. The number of alkyl halides is 1. The first-order valence-electron chi connectivity index (χ1n) is 13.4. The normalized spacial score (nSPS) is 22.6. The number of anilines is 3. The van der Waals surface area contributed by atoms with Gasteiger partial charge in [0.25, 0.3) is 11.5 Å². The molecule has 2 saturated carbocycles. The van der Waals surface area contributed by atoms with Crippen molar-refractivity contribution in [3.8, 4) is 0 Å². The lowest BCUT2D eigenvalue weighted by molar-refractivity contribution is 0.0587. The second-order valence-corrected chi connectivity index (χ2v) is 11.5. The first kappa shape index (κ1) is 27.6. The number of amides is 2. The van der Waals surface area contributed by atoms with E-state index in [1.165, 1.54) is 33.3 Å². The minimum Gasteiger partial charge on any atom is -0.443 e. The van der Waals surface area contributed by atoms with Gasteiger partial charge in [-0.05, 0) is 65.0 Å². The minimum absolute atomic E-state index is 0.155. The Morgan fingerprint density at radius 3 is 2.62 bits per heavy atom. The van der Waals surface area contributed by atoms with E-state index in [0.29, 0.717) is 19.3 Å². The first-order valence-corrected chi connectivity index (χ1v) is 13.4. The molecule has 13 heteroatoms. The highest BCUT2D eigenvalue weighted by molar-refractivity contribution is 6.00. The van der Waals surface area contributed by atoms with Gasteiger partial charge in [-0.3, -0.25) is 14.5 Å². The summed E-state index contributed by atoms with van der Waals surface area (Å²) in [6.07, 6.45) is 3.26. The Morgan fingerprint density at radius 2 is 1.98 bits per heavy atom. The van der Waals surface area contributed by atoms with Crippen LogP contribution in [0.25, 0.3) is 5.65 Å². The summed E-state index contributed by atoms with van der Waals surface area (Å²) in [4.78, 5) is 45.1. The van der Waals surface area contributed by atoms with Gasteiger partial charge in [0.05, 0.1) is 12.3 Å². The van der Waals surface area contributed by atoms with Crippen LogP contribution in [0.1, 0.15) is 69.3 Å². The number of aromatic nitrogens is 4. The number of hydrogen-bond acceptors (Lipinski definition) is 8. The number of carbonyl (C=O) groups excluding carboxylic acids is 2. The molecule has 2 amide bonds. The van der Waals surface area contributed by atoms with E-state index in [1.54, 1.807) is 39.1 Å². The molecule has 3 aromatic rings. The maximum atomic E-state index is 13.5. The van der Waals surface area contributed by atoms with Gasteiger partial charge in [-0.2, -0.15) is 9.61 Å². The van der Waals surface area contributed by atoms with Gasteiger partial charge in [-0.1, -0.05) is 0 Å². The van der Waals surface area contributed by atoms with Crippen LogP contribution in [-0.2, 0) is 4.74 Å². The molecule has 214 valence electrons. The van der Waals surface area contributed by atoms with E-state index in [1.807, 2.05) is 0 Å². The Balaban J connectivity index is 1.52. The molecule has 0 spiro atoms. The predicted molar refractivity (Wildman–Crippen MR) is 146 cm³/mol. The average Bonchev–Trinajstić information content (AvgIpc) is 3.47. The maximum Gasteiger partial charge on any atom is 0.415 e. The van der Waals surface area contributed by atoms with E-state index in [9.17, 15) is 23.9 Å². The summed E-state index contributed by atoms with van der Waals surface area (Å²) in [5.74, 6) is 0.0145. The molecule has 3 aromatic heterocycles. The Kier molecular flexibility index (Phi) is 7.25.